The fourth-order valence-corrected chi connectivity index (χ4v) is 4.46. The maximum Gasteiger partial charge on any atom is 0.0701 e. The normalized spacial score (nSPS) is 29.3. The Balaban J connectivity index is 1.81. The van der Waals surface area contributed by atoms with Crippen molar-refractivity contribution in [2.75, 3.05) is 31.8 Å². The van der Waals surface area contributed by atoms with Gasteiger partial charge in [0, 0.05) is 26.4 Å². The van der Waals surface area contributed by atoms with E-state index in [0.29, 0.717) is 12.0 Å². The summed E-state index contributed by atoms with van der Waals surface area (Å²) in [6, 6.07) is 0.329. The van der Waals surface area contributed by atoms with Crippen LogP contribution in [0, 0.1) is 5.92 Å². The van der Waals surface area contributed by atoms with Crippen LogP contribution in [-0.2, 0) is 9.47 Å². The van der Waals surface area contributed by atoms with Gasteiger partial charge in [-0.25, -0.2) is 0 Å². The van der Waals surface area contributed by atoms with E-state index in [1.165, 1.54) is 30.8 Å². The summed E-state index contributed by atoms with van der Waals surface area (Å²) >= 11 is 2.06. The lowest BCUT2D eigenvalue weighted by atomic mass is 9.78. The molecule has 2 atom stereocenters. The van der Waals surface area contributed by atoms with Crippen LogP contribution in [0.15, 0.2) is 0 Å². The highest BCUT2D eigenvalue weighted by atomic mass is 32.2. The topological polar surface area (TPSA) is 44.5 Å². The van der Waals surface area contributed by atoms with Crippen molar-refractivity contribution in [3.63, 3.8) is 0 Å². The maximum absolute atomic E-state index is 6.36. The van der Waals surface area contributed by atoms with Crippen molar-refractivity contribution in [3.8, 4) is 0 Å². The zero-order chi connectivity index (χ0) is 12.8. The second kappa shape index (κ2) is 7.13. The number of thioether (sulfide) groups is 1. The molecule has 2 aliphatic rings. The smallest absolute Gasteiger partial charge is 0.0701 e. The van der Waals surface area contributed by atoms with Gasteiger partial charge in [0.1, 0.15) is 0 Å². The molecule has 0 radical (unpaired) electrons. The van der Waals surface area contributed by atoms with E-state index >= 15 is 0 Å². The molecule has 0 aromatic carbocycles. The molecular weight excluding hydrogens is 246 g/mol. The van der Waals surface area contributed by atoms with E-state index in [1.807, 2.05) is 0 Å². The third-order valence-electron chi connectivity index (χ3n) is 4.43. The minimum Gasteiger partial charge on any atom is -0.385 e. The van der Waals surface area contributed by atoms with Crippen LogP contribution in [0.3, 0.4) is 0 Å². The molecule has 0 saturated carbocycles. The zero-order valence-corrected chi connectivity index (χ0v) is 12.3. The summed E-state index contributed by atoms with van der Waals surface area (Å²) in [6.45, 7) is 1.74. The second-order valence-electron chi connectivity index (χ2n) is 5.70. The number of nitrogens with two attached hydrogens (primary N) is 1. The van der Waals surface area contributed by atoms with E-state index in [0.717, 1.165) is 32.5 Å². The van der Waals surface area contributed by atoms with Gasteiger partial charge in [0.2, 0.25) is 0 Å². The lowest BCUT2D eigenvalue weighted by Gasteiger charge is -2.44. The van der Waals surface area contributed by atoms with Gasteiger partial charge in [-0.15, -0.1) is 0 Å². The van der Waals surface area contributed by atoms with E-state index in [2.05, 4.69) is 11.8 Å². The van der Waals surface area contributed by atoms with Crippen molar-refractivity contribution < 1.29 is 9.47 Å². The van der Waals surface area contributed by atoms with E-state index in [-0.39, 0.29) is 5.60 Å². The van der Waals surface area contributed by atoms with Gasteiger partial charge >= 0.3 is 0 Å². The van der Waals surface area contributed by atoms with Crippen LogP contribution in [0.2, 0.25) is 0 Å². The quantitative estimate of drug-likeness (QED) is 0.781. The zero-order valence-electron chi connectivity index (χ0n) is 11.5. The first-order valence-corrected chi connectivity index (χ1v) is 8.37. The van der Waals surface area contributed by atoms with Crippen molar-refractivity contribution in [2.45, 2.75) is 50.2 Å². The van der Waals surface area contributed by atoms with Crippen LogP contribution in [0.4, 0.5) is 0 Å². The standard InChI is InChI=1S/C14H27NO2S/c1-16-7-2-3-13(15)12-4-8-17-14(11-12)5-9-18-10-6-14/h12-13H,2-11,15H2,1H3. The average Bonchev–Trinajstić information content (AvgIpc) is 2.40. The molecule has 0 aromatic heterocycles. The van der Waals surface area contributed by atoms with Gasteiger partial charge < -0.3 is 15.2 Å². The summed E-state index contributed by atoms with van der Waals surface area (Å²) in [6.07, 6.45) is 6.93. The second-order valence-corrected chi connectivity index (χ2v) is 6.92. The first kappa shape index (κ1) is 14.6. The number of methoxy groups -OCH3 is 1. The summed E-state index contributed by atoms with van der Waals surface area (Å²) < 4.78 is 11.2. The minimum absolute atomic E-state index is 0.174. The van der Waals surface area contributed by atoms with E-state index in [1.54, 1.807) is 7.11 Å². The third-order valence-corrected chi connectivity index (χ3v) is 5.41. The van der Waals surface area contributed by atoms with Gasteiger partial charge in [-0.05, 0) is 55.9 Å². The highest BCUT2D eigenvalue weighted by Crippen LogP contribution is 2.40. The van der Waals surface area contributed by atoms with Crippen molar-refractivity contribution >= 4 is 11.8 Å². The molecule has 2 saturated heterocycles. The highest BCUT2D eigenvalue weighted by molar-refractivity contribution is 7.99. The molecule has 18 heavy (non-hydrogen) atoms. The van der Waals surface area contributed by atoms with E-state index in [4.69, 9.17) is 15.2 Å². The van der Waals surface area contributed by atoms with E-state index in [9.17, 15) is 0 Å². The van der Waals surface area contributed by atoms with Gasteiger partial charge in [-0.1, -0.05) is 0 Å². The highest BCUT2D eigenvalue weighted by Gasteiger charge is 2.40. The molecule has 2 N–H and O–H groups in total. The molecule has 0 aliphatic carbocycles. The van der Waals surface area contributed by atoms with Crippen LogP contribution in [0.5, 0.6) is 0 Å². The molecule has 3 nitrogen and oxygen atoms in total. The molecule has 2 fully saturated rings. The molecule has 2 unspecified atom stereocenters. The average molecular weight is 273 g/mol. The van der Waals surface area contributed by atoms with Crippen molar-refractivity contribution in [1.82, 2.24) is 0 Å². The van der Waals surface area contributed by atoms with Gasteiger partial charge in [-0.3, -0.25) is 0 Å². The lowest BCUT2D eigenvalue weighted by molar-refractivity contribution is -0.106. The van der Waals surface area contributed by atoms with Crippen molar-refractivity contribution in [3.05, 3.63) is 0 Å². The molecule has 1 spiro atoms. The third kappa shape index (κ3) is 3.86. The van der Waals surface area contributed by atoms with Crippen LogP contribution >= 0.6 is 11.8 Å². The predicted molar refractivity (Wildman–Crippen MR) is 77.1 cm³/mol. The molecule has 2 rings (SSSR count). The molecule has 2 aliphatic heterocycles. The number of hydrogen-bond acceptors (Lipinski definition) is 4. The SMILES string of the molecule is COCCCC(N)C1CCOC2(CCSCC2)C1. The number of rotatable bonds is 5. The minimum atomic E-state index is 0.174. The summed E-state index contributed by atoms with van der Waals surface area (Å²) in [7, 11) is 1.76. The van der Waals surface area contributed by atoms with Gasteiger partial charge in [0.05, 0.1) is 5.60 Å². The molecule has 2 heterocycles. The molecule has 0 bridgehead atoms. The first-order chi connectivity index (χ1) is 8.76. The fraction of sp³-hybridized carbons (Fsp3) is 1.00. The Hall–Kier alpha value is 0.230. The van der Waals surface area contributed by atoms with Crippen LogP contribution < -0.4 is 5.73 Å². The van der Waals surface area contributed by atoms with Gasteiger partial charge in [-0.2, -0.15) is 11.8 Å². The Morgan fingerprint density at radius 1 is 1.44 bits per heavy atom. The number of ether oxygens (including phenoxy) is 2. The Labute approximate surface area is 115 Å². The van der Waals surface area contributed by atoms with Gasteiger partial charge in [0.15, 0.2) is 0 Å². The Kier molecular flexibility index (Phi) is 5.80. The number of hydrogen-bond donors (Lipinski definition) is 1. The Morgan fingerprint density at radius 3 is 2.94 bits per heavy atom. The lowest BCUT2D eigenvalue weighted by Crippen LogP contribution is -2.47. The molecule has 4 heteroatoms. The van der Waals surface area contributed by atoms with Crippen LogP contribution in [0.1, 0.15) is 38.5 Å². The summed E-state index contributed by atoms with van der Waals surface area (Å²) in [4.78, 5) is 0. The first-order valence-electron chi connectivity index (χ1n) is 7.22. The largest absolute Gasteiger partial charge is 0.385 e. The molecule has 0 aromatic rings. The van der Waals surface area contributed by atoms with Crippen molar-refractivity contribution in [1.29, 1.82) is 0 Å². The van der Waals surface area contributed by atoms with Crippen LogP contribution in [0.25, 0.3) is 0 Å². The Bertz CT molecular complexity index is 238. The molecule has 0 amide bonds. The summed E-state index contributed by atoms with van der Waals surface area (Å²) in [5.41, 5.74) is 6.54. The molecule has 106 valence electrons. The monoisotopic (exact) mass is 273 g/mol. The fourth-order valence-electron chi connectivity index (χ4n) is 3.22. The van der Waals surface area contributed by atoms with Gasteiger partial charge in [0.25, 0.3) is 0 Å². The summed E-state index contributed by atoms with van der Waals surface area (Å²) in [5.74, 6) is 3.16. The van der Waals surface area contributed by atoms with Crippen molar-refractivity contribution in [2.24, 2.45) is 11.7 Å². The predicted octanol–water partition coefficient (Wildman–Crippen LogP) is 2.43. The van der Waals surface area contributed by atoms with Crippen LogP contribution in [-0.4, -0.2) is 43.5 Å². The summed E-state index contributed by atoms with van der Waals surface area (Å²) in [5, 5.41) is 0. The Morgan fingerprint density at radius 2 is 2.22 bits per heavy atom. The molecular formula is C14H27NO2S. The van der Waals surface area contributed by atoms with E-state index < -0.39 is 0 Å². The maximum atomic E-state index is 6.36.